The Morgan fingerprint density at radius 3 is 2.76 bits per heavy atom. The van der Waals surface area contributed by atoms with Crippen LogP contribution in [0.15, 0.2) is 29.2 Å². The molecule has 0 fully saturated rings. The molecule has 0 amide bonds. The van der Waals surface area contributed by atoms with E-state index in [1.54, 1.807) is 19.2 Å². The van der Waals surface area contributed by atoms with Crippen LogP contribution in [0.25, 0.3) is 0 Å². The fourth-order valence-corrected chi connectivity index (χ4v) is 2.57. The number of anilines is 1. The van der Waals surface area contributed by atoms with Crippen LogP contribution in [-0.4, -0.2) is 28.6 Å². The molecule has 17 heavy (non-hydrogen) atoms. The normalized spacial score (nSPS) is 11.6. The number of nitrogens with two attached hydrogens (primary N) is 1. The average molecular weight is 253 g/mol. The summed E-state index contributed by atoms with van der Waals surface area (Å²) in [4.78, 5) is 1.37. The number of tetrazole rings is 1. The highest BCUT2D eigenvalue weighted by Gasteiger charge is 2.18. The number of aryl methyl sites for hydroxylation is 1. The van der Waals surface area contributed by atoms with E-state index in [4.69, 9.17) is 5.73 Å². The van der Waals surface area contributed by atoms with Crippen molar-refractivity contribution in [3.63, 3.8) is 0 Å². The van der Waals surface area contributed by atoms with Crippen LogP contribution in [0.2, 0.25) is 0 Å². The van der Waals surface area contributed by atoms with E-state index in [1.807, 2.05) is 0 Å². The summed E-state index contributed by atoms with van der Waals surface area (Å²) in [5, 5.41) is 11.0. The van der Waals surface area contributed by atoms with Crippen LogP contribution in [-0.2, 0) is 22.6 Å². The van der Waals surface area contributed by atoms with Crippen LogP contribution in [0.1, 0.15) is 5.82 Å². The van der Waals surface area contributed by atoms with Gasteiger partial charge in [-0.25, -0.2) is 8.42 Å². The maximum atomic E-state index is 12.0. The van der Waals surface area contributed by atoms with Gasteiger partial charge in [-0.05, 0) is 23.4 Å². The summed E-state index contributed by atoms with van der Waals surface area (Å²) >= 11 is 0. The topological polar surface area (TPSA) is 104 Å². The quantitative estimate of drug-likeness (QED) is 0.757. The largest absolute Gasteiger partial charge is 0.399 e. The molecule has 2 N–H and O–H groups in total. The summed E-state index contributed by atoms with van der Waals surface area (Å²) in [6.45, 7) is 0. The lowest BCUT2D eigenvalue weighted by Gasteiger charge is -2.02. The van der Waals surface area contributed by atoms with Crippen molar-refractivity contribution in [2.24, 2.45) is 7.05 Å². The van der Waals surface area contributed by atoms with Crippen molar-refractivity contribution < 1.29 is 8.42 Å². The van der Waals surface area contributed by atoms with Crippen LogP contribution in [0, 0.1) is 0 Å². The molecule has 0 aliphatic carbocycles. The second kappa shape index (κ2) is 4.13. The van der Waals surface area contributed by atoms with Gasteiger partial charge in [0.05, 0.1) is 11.9 Å². The Balaban J connectivity index is 2.31. The molecule has 0 saturated heterocycles. The lowest BCUT2D eigenvalue weighted by Crippen LogP contribution is -2.07. The molecule has 0 aliphatic rings. The first-order valence-electron chi connectivity index (χ1n) is 4.78. The third kappa shape index (κ3) is 2.59. The first kappa shape index (κ1) is 11.5. The Morgan fingerprint density at radius 2 is 2.18 bits per heavy atom. The van der Waals surface area contributed by atoms with Gasteiger partial charge in [-0.1, -0.05) is 6.07 Å². The van der Waals surface area contributed by atoms with Gasteiger partial charge in [0.2, 0.25) is 0 Å². The van der Waals surface area contributed by atoms with Gasteiger partial charge in [0.25, 0.3) is 0 Å². The van der Waals surface area contributed by atoms with Crippen LogP contribution in [0.3, 0.4) is 0 Å². The van der Waals surface area contributed by atoms with Crippen molar-refractivity contribution in [1.29, 1.82) is 0 Å². The van der Waals surface area contributed by atoms with Gasteiger partial charge >= 0.3 is 0 Å². The van der Waals surface area contributed by atoms with Crippen molar-refractivity contribution in [3.8, 4) is 0 Å². The van der Waals surface area contributed by atoms with Gasteiger partial charge in [0, 0.05) is 5.69 Å². The summed E-state index contributed by atoms with van der Waals surface area (Å²) in [5.41, 5.74) is 5.94. The summed E-state index contributed by atoms with van der Waals surface area (Å²) in [6.07, 6.45) is 0. The number of hydrogen-bond donors (Lipinski definition) is 1. The molecule has 90 valence electrons. The fourth-order valence-electron chi connectivity index (χ4n) is 1.34. The standard InChI is InChI=1S/C9H11N5O2S/c1-14-12-9(11-13-14)6-17(15,16)8-4-2-3-7(10)5-8/h2-5H,6,10H2,1H3. The number of sulfone groups is 1. The van der Waals surface area contributed by atoms with Crippen molar-refractivity contribution in [2.45, 2.75) is 10.6 Å². The highest BCUT2D eigenvalue weighted by atomic mass is 32.2. The zero-order valence-corrected chi connectivity index (χ0v) is 9.92. The van der Waals surface area contributed by atoms with Crippen molar-refractivity contribution >= 4 is 15.5 Å². The van der Waals surface area contributed by atoms with Gasteiger partial charge in [-0.3, -0.25) is 0 Å². The van der Waals surface area contributed by atoms with E-state index in [-0.39, 0.29) is 16.5 Å². The van der Waals surface area contributed by atoms with E-state index < -0.39 is 9.84 Å². The Morgan fingerprint density at radius 1 is 1.41 bits per heavy atom. The average Bonchev–Trinajstić information content (AvgIpc) is 2.63. The first-order chi connectivity index (χ1) is 7.97. The molecule has 0 spiro atoms. The van der Waals surface area contributed by atoms with E-state index in [1.165, 1.54) is 16.9 Å². The number of nitrogen functional groups attached to an aromatic ring is 1. The molecule has 0 unspecified atom stereocenters. The predicted molar refractivity (Wildman–Crippen MR) is 60.5 cm³/mol. The molecule has 2 aromatic rings. The Bertz CT molecular complexity index is 634. The Hall–Kier alpha value is -1.96. The molecule has 0 aliphatic heterocycles. The number of hydrogen-bond acceptors (Lipinski definition) is 6. The van der Waals surface area contributed by atoms with Crippen LogP contribution in [0.5, 0.6) is 0 Å². The van der Waals surface area contributed by atoms with Gasteiger partial charge < -0.3 is 5.73 Å². The first-order valence-corrected chi connectivity index (χ1v) is 6.44. The minimum Gasteiger partial charge on any atom is -0.399 e. The van der Waals surface area contributed by atoms with Crippen LogP contribution in [0.4, 0.5) is 5.69 Å². The molecular weight excluding hydrogens is 242 g/mol. The zero-order chi connectivity index (χ0) is 12.5. The Labute approximate surface area is 98.2 Å². The maximum Gasteiger partial charge on any atom is 0.190 e. The summed E-state index contributed by atoms with van der Waals surface area (Å²) < 4.78 is 24.0. The number of benzene rings is 1. The second-order valence-electron chi connectivity index (χ2n) is 3.53. The highest BCUT2D eigenvalue weighted by Crippen LogP contribution is 2.16. The number of aromatic nitrogens is 4. The van der Waals surface area contributed by atoms with E-state index in [0.717, 1.165) is 0 Å². The molecule has 0 radical (unpaired) electrons. The second-order valence-corrected chi connectivity index (χ2v) is 5.52. The molecule has 0 atom stereocenters. The number of rotatable bonds is 3. The summed E-state index contributed by atoms with van der Waals surface area (Å²) in [6, 6.07) is 6.11. The third-order valence-corrected chi connectivity index (χ3v) is 3.70. The molecule has 1 heterocycles. The molecule has 1 aromatic carbocycles. The Kier molecular flexibility index (Phi) is 2.80. The van der Waals surface area contributed by atoms with Gasteiger partial charge in [0.15, 0.2) is 15.7 Å². The minimum absolute atomic E-state index is 0.157. The number of nitrogens with zero attached hydrogens (tertiary/aromatic N) is 4. The zero-order valence-electron chi connectivity index (χ0n) is 9.11. The van der Waals surface area contributed by atoms with Crippen LogP contribution < -0.4 is 5.73 Å². The maximum absolute atomic E-state index is 12.0. The van der Waals surface area contributed by atoms with Gasteiger partial charge in [-0.15, -0.1) is 10.2 Å². The van der Waals surface area contributed by atoms with Crippen molar-refractivity contribution in [2.75, 3.05) is 5.73 Å². The molecule has 0 saturated carbocycles. The molecule has 7 nitrogen and oxygen atoms in total. The lowest BCUT2D eigenvalue weighted by atomic mass is 10.3. The molecule has 1 aromatic heterocycles. The summed E-state index contributed by atoms with van der Waals surface area (Å²) in [5.74, 6) is -0.125. The molecule has 2 rings (SSSR count). The van der Waals surface area contributed by atoms with E-state index in [9.17, 15) is 8.42 Å². The highest BCUT2D eigenvalue weighted by molar-refractivity contribution is 7.90. The monoisotopic (exact) mass is 253 g/mol. The van der Waals surface area contributed by atoms with Crippen LogP contribution >= 0.6 is 0 Å². The molecule has 0 bridgehead atoms. The molecule has 8 heteroatoms. The van der Waals surface area contributed by atoms with Crippen molar-refractivity contribution in [1.82, 2.24) is 20.2 Å². The molecular formula is C9H11N5O2S. The summed E-state index contributed by atoms with van der Waals surface area (Å²) in [7, 11) is -1.91. The smallest absolute Gasteiger partial charge is 0.190 e. The van der Waals surface area contributed by atoms with E-state index in [0.29, 0.717) is 5.69 Å². The van der Waals surface area contributed by atoms with E-state index >= 15 is 0 Å². The lowest BCUT2D eigenvalue weighted by molar-refractivity contribution is 0.593. The van der Waals surface area contributed by atoms with Crippen molar-refractivity contribution in [3.05, 3.63) is 30.1 Å². The minimum atomic E-state index is -3.48. The fraction of sp³-hybridized carbons (Fsp3) is 0.222. The van der Waals surface area contributed by atoms with Gasteiger partial charge in [0.1, 0.15) is 5.75 Å². The third-order valence-electron chi connectivity index (χ3n) is 2.09. The predicted octanol–water partition coefficient (Wildman–Crippen LogP) is -0.234. The van der Waals surface area contributed by atoms with E-state index in [2.05, 4.69) is 15.4 Å². The van der Waals surface area contributed by atoms with Gasteiger partial charge in [-0.2, -0.15) is 4.80 Å². The SMILES string of the molecule is Cn1nnc(CS(=O)(=O)c2cccc(N)c2)n1.